The van der Waals surface area contributed by atoms with Crippen LogP contribution in [0.15, 0.2) is 12.7 Å². The monoisotopic (exact) mass is 101 g/mol. The summed E-state index contributed by atoms with van der Waals surface area (Å²) in [5.74, 6) is 0. The van der Waals surface area contributed by atoms with Gasteiger partial charge in [0.1, 0.15) is 0 Å². The van der Waals surface area contributed by atoms with Gasteiger partial charge in [-0.3, -0.25) is 0 Å². The highest BCUT2D eigenvalue weighted by molar-refractivity contribution is 7.78. The first-order chi connectivity index (χ1) is 2.91. The van der Waals surface area contributed by atoms with Crippen LogP contribution in [-0.4, -0.2) is 12.0 Å². The van der Waals surface area contributed by atoms with Crippen molar-refractivity contribution in [3.8, 4) is 0 Å². The summed E-state index contributed by atoms with van der Waals surface area (Å²) in [6.45, 7) is 4.24. The number of nitrogens with one attached hydrogen (secondary N) is 1. The fraction of sp³-hybridized carbons (Fsp3) is 0.250. The molecule has 0 heterocycles. The number of rotatable bonds is 3. The largest absolute Gasteiger partial charge is 0.379 e. The molecule has 0 aromatic heterocycles. The van der Waals surface area contributed by atoms with Gasteiger partial charge < -0.3 is 5.32 Å². The van der Waals surface area contributed by atoms with Crippen LogP contribution in [0, 0.1) is 0 Å². The zero-order valence-corrected chi connectivity index (χ0v) is 4.29. The van der Waals surface area contributed by atoms with Crippen molar-refractivity contribution in [2.45, 2.75) is 0 Å². The summed E-state index contributed by atoms with van der Waals surface area (Å²) in [6.07, 6.45) is 1.75. The highest BCUT2D eigenvalue weighted by atomic mass is 32.1. The zero-order chi connectivity index (χ0) is 4.83. The summed E-state index contributed by atoms with van der Waals surface area (Å²) in [7, 11) is 0. The molecule has 0 rings (SSSR count). The Labute approximate surface area is 43.1 Å². The third kappa shape index (κ3) is 3.63. The Morgan fingerprint density at radius 1 is 1.83 bits per heavy atom. The van der Waals surface area contributed by atoms with E-state index in [4.69, 9.17) is 0 Å². The van der Waals surface area contributed by atoms with Gasteiger partial charge in [0.2, 0.25) is 0 Å². The Morgan fingerprint density at radius 2 is 2.50 bits per heavy atom. The molecule has 0 aromatic rings. The molecule has 0 unspecified atom stereocenters. The van der Waals surface area contributed by atoms with Gasteiger partial charge in [-0.05, 0) is 0 Å². The molecule has 0 bridgehead atoms. The maximum atomic E-state index is 4.43. The molecule has 6 heavy (non-hydrogen) atoms. The van der Waals surface area contributed by atoms with E-state index in [1.807, 2.05) is 0 Å². The Balaban J connectivity index is 2.66. The van der Waals surface area contributed by atoms with Crippen molar-refractivity contribution in [3.05, 3.63) is 12.7 Å². The predicted molar refractivity (Wildman–Crippen MR) is 31.9 cm³/mol. The van der Waals surface area contributed by atoms with Gasteiger partial charge in [-0.25, -0.2) is 0 Å². The lowest BCUT2D eigenvalue weighted by Gasteiger charge is -1.84. The molecule has 1 nitrogen and oxygen atoms in total. The van der Waals surface area contributed by atoms with Crippen LogP contribution in [0.1, 0.15) is 0 Å². The van der Waals surface area contributed by atoms with E-state index in [9.17, 15) is 0 Å². The zero-order valence-electron chi connectivity index (χ0n) is 3.48. The summed E-state index contributed by atoms with van der Waals surface area (Å²) in [5.41, 5.74) is 1.47. The van der Waals surface area contributed by atoms with E-state index in [1.165, 1.54) is 5.49 Å². The van der Waals surface area contributed by atoms with Crippen LogP contribution >= 0.6 is 12.2 Å². The standard InChI is InChI=1S/C4H7NS/c1-2-3-5-4-6/h2,4H,1,3H2,(H,5,6). The van der Waals surface area contributed by atoms with Crippen LogP contribution in [0.2, 0.25) is 0 Å². The van der Waals surface area contributed by atoms with Gasteiger partial charge in [-0.2, -0.15) is 0 Å². The molecule has 0 aliphatic heterocycles. The van der Waals surface area contributed by atoms with Crippen LogP contribution in [0.3, 0.4) is 0 Å². The van der Waals surface area contributed by atoms with Crippen LogP contribution in [0.25, 0.3) is 0 Å². The second kappa shape index (κ2) is 4.63. The Hall–Kier alpha value is -0.370. The summed E-state index contributed by atoms with van der Waals surface area (Å²) in [6, 6.07) is 0. The molecule has 0 spiro atoms. The third-order valence-electron chi connectivity index (χ3n) is 0.346. The van der Waals surface area contributed by atoms with Crippen molar-refractivity contribution in [1.82, 2.24) is 5.32 Å². The van der Waals surface area contributed by atoms with Gasteiger partial charge >= 0.3 is 0 Å². The van der Waals surface area contributed by atoms with E-state index in [2.05, 4.69) is 24.1 Å². The first-order valence-corrected chi connectivity index (χ1v) is 2.17. The predicted octanol–water partition coefficient (Wildman–Crippen LogP) is 0.719. The third-order valence-corrected chi connectivity index (χ3v) is 0.512. The topological polar surface area (TPSA) is 12.0 Å². The molecule has 0 saturated carbocycles. The van der Waals surface area contributed by atoms with Gasteiger partial charge in [0.05, 0.1) is 5.49 Å². The molecule has 1 N–H and O–H groups in total. The molecular formula is C4H7NS. The lowest BCUT2D eigenvalue weighted by Crippen LogP contribution is -2.07. The van der Waals surface area contributed by atoms with Crippen LogP contribution in [-0.2, 0) is 0 Å². The maximum absolute atomic E-state index is 4.43. The normalized spacial score (nSPS) is 6.67. The molecule has 34 valence electrons. The molecular weight excluding hydrogens is 94.1 g/mol. The van der Waals surface area contributed by atoms with Gasteiger partial charge in [0.15, 0.2) is 0 Å². The highest BCUT2D eigenvalue weighted by Gasteiger charge is 1.61. The molecule has 0 fully saturated rings. The Bertz CT molecular complexity index is 43.5. The quantitative estimate of drug-likeness (QED) is 0.319. The summed E-state index contributed by atoms with van der Waals surface area (Å²) in [4.78, 5) is 0. The van der Waals surface area contributed by atoms with Crippen molar-refractivity contribution < 1.29 is 0 Å². The van der Waals surface area contributed by atoms with Crippen molar-refractivity contribution >= 4 is 17.7 Å². The number of thiocarbonyl (C=S) groups is 1. The number of hydrogen-bond donors (Lipinski definition) is 1. The van der Waals surface area contributed by atoms with Gasteiger partial charge in [0.25, 0.3) is 0 Å². The smallest absolute Gasteiger partial charge is 0.0617 e. The molecule has 2 heteroatoms. The van der Waals surface area contributed by atoms with Crippen LogP contribution < -0.4 is 5.32 Å². The van der Waals surface area contributed by atoms with E-state index in [0.29, 0.717) is 0 Å². The first-order valence-electron chi connectivity index (χ1n) is 1.69. The fourth-order valence-electron chi connectivity index (χ4n) is 0.131. The van der Waals surface area contributed by atoms with E-state index >= 15 is 0 Å². The van der Waals surface area contributed by atoms with Crippen LogP contribution in [0.4, 0.5) is 0 Å². The van der Waals surface area contributed by atoms with E-state index in [0.717, 1.165) is 6.54 Å². The van der Waals surface area contributed by atoms with E-state index < -0.39 is 0 Å². The Kier molecular flexibility index (Phi) is 4.34. The van der Waals surface area contributed by atoms with Crippen molar-refractivity contribution in [1.29, 1.82) is 0 Å². The molecule has 0 aromatic carbocycles. The lowest BCUT2D eigenvalue weighted by molar-refractivity contribution is 1.09. The molecule has 0 aliphatic rings. The van der Waals surface area contributed by atoms with E-state index in [-0.39, 0.29) is 0 Å². The SMILES string of the molecule is C=CCNC=S. The Morgan fingerprint density at radius 3 is 2.67 bits per heavy atom. The minimum Gasteiger partial charge on any atom is -0.379 e. The molecule has 0 atom stereocenters. The minimum absolute atomic E-state index is 0.767. The maximum Gasteiger partial charge on any atom is 0.0617 e. The van der Waals surface area contributed by atoms with E-state index in [1.54, 1.807) is 6.08 Å². The average molecular weight is 101 g/mol. The molecule has 0 radical (unpaired) electrons. The summed E-state index contributed by atoms with van der Waals surface area (Å²) < 4.78 is 0. The van der Waals surface area contributed by atoms with Gasteiger partial charge in [0, 0.05) is 6.54 Å². The van der Waals surface area contributed by atoms with Crippen LogP contribution in [0.5, 0.6) is 0 Å². The molecule has 0 amide bonds. The van der Waals surface area contributed by atoms with Gasteiger partial charge in [-0.1, -0.05) is 18.3 Å². The van der Waals surface area contributed by atoms with Gasteiger partial charge in [-0.15, -0.1) is 6.58 Å². The second-order valence-electron chi connectivity index (χ2n) is 0.815. The number of hydrogen-bond acceptors (Lipinski definition) is 1. The lowest BCUT2D eigenvalue weighted by atomic mass is 10.6. The van der Waals surface area contributed by atoms with Crippen molar-refractivity contribution in [2.75, 3.05) is 6.54 Å². The molecule has 0 aliphatic carbocycles. The summed E-state index contributed by atoms with van der Waals surface area (Å²) >= 11 is 4.43. The van der Waals surface area contributed by atoms with Crippen molar-refractivity contribution in [2.24, 2.45) is 0 Å². The van der Waals surface area contributed by atoms with Crippen molar-refractivity contribution in [3.63, 3.8) is 0 Å². The first kappa shape index (κ1) is 5.63. The minimum atomic E-state index is 0.767. The second-order valence-corrected chi connectivity index (χ2v) is 1.05. The summed E-state index contributed by atoms with van der Waals surface area (Å²) in [5, 5.41) is 2.77. The molecule has 0 saturated heterocycles. The fourth-order valence-corrected chi connectivity index (χ4v) is 0.228. The highest BCUT2D eigenvalue weighted by Crippen LogP contribution is 1.52. The average Bonchev–Trinajstić information content (AvgIpc) is 1.61.